The van der Waals surface area contributed by atoms with Crippen LogP contribution in [0.4, 0.5) is 0 Å². The van der Waals surface area contributed by atoms with Crippen molar-refractivity contribution in [3.05, 3.63) is 100 Å². The zero-order chi connectivity index (χ0) is 22.0. The van der Waals surface area contributed by atoms with Gasteiger partial charge >= 0.3 is 5.97 Å². The Kier molecular flexibility index (Phi) is 6.17. The molecule has 160 valence electrons. The van der Waals surface area contributed by atoms with Crippen molar-refractivity contribution in [1.29, 1.82) is 0 Å². The summed E-state index contributed by atoms with van der Waals surface area (Å²) >= 11 is 3.50. The predicted molar refractivity (Wildman–Crippen MR) is 123 cm³/mol. The van der Waals surface area contributed by atoms with Crippen molar-refractivity contribution in [2.45, 2.75) is 23.9 Å². The lowest BCUT2D eigenvalue weighted by Gasteiger charge is -2.31. The lowest BCUT2D eigenvalue weighted by Crippen LogP contribution is -2.38. The summed E-state index contributed by atoms with van der Waals surface area (Å²) in [6, 6.07) is 25.3. The van der Waals surface area contributed by atoms with Gasteiger partial charge in [-0.15, -0.1) is 0 Å². The number of esters is 1. The van der Waals surface area contributed by atoms with Crippen LogP contribution in [0.15, 0.2) is 83.3 Å². The van der Waals surface area contributed by atoms with Gasteiger partial charge in [-0.2, -0.15) is 0 Å². The minimum atomic E-state index is -1.35. The quantitative estimate of drug-likeness (QED) is 0.496. The van der Waals surface area contributed by atoms with Crippen molar-refractivity contribution >= 4 is 21.9 Å². The minimum Gasteiger partial charge on any atom is -0.497 e. The summed E-state index contributed by atoms with van der Waals surface area (Å²) in [4.78, 5) is 13.1. The monoisotopic (exact) mass is 480 g/mol. The van der Waals surface area contributed by atoms with Crippen molar-refractivity contribution in [2.75, 3.05) is 14.2 Å². The average molecular weight is 481 g/mol. The summed E-state index contributed by atoms with van der Waals surface area (Å²) in [7, 11) is 3.01. The van der Waals surface area contributed by atoms with Crippen LogP contribution in [0, 0.1) is 5.92 Å². The van der Waals surface area contributed by atoms with Crippen LogP contribution < -0.4 is 4.74 Å². The molecule has 3 aromatic rings. The molecule has 0 aliphatic heterocycles. The molecule has 0 bridgehead atoms. The number of carbonyl (C=O) groups is 1. The molecule has 5 heteroatoms. The van der Waals surface area contributed by atoms with E-state index in [1.54, 1.807) is 7.11 Å². The first-order valence-electron chi connectivity index (χ1n) is 10.2. The Morgan fingerprint density at radius 3 is 2.13 bits per heavy atom. The van der Waals surface area contributed by atoms with Crippen LogP contribution in [0.5, 0.6) is 5.75 Å². The number of carbonyl (C=O) groups excluding carboxylic acids is 1. The van der Waals surface area contributed by atoms with E-state index in [0.717, 1.165) is 26.9 Å². The highest BCUT2D eigenvalue weighted by molar-refractivity contribution is 9.10. The Bertz CT molecular complexity index is 1030. The summed E-state index contributed by atoms with van der Waals surface area (Å²) in [5.74, 6) is -0.746. The molecule has 4 rings (SSSR count). The standard InChI is InChI=1S/C26H25BrO4/c1-30-21-14-10-18(11-15-21)23-22(17-8-12-20(27)13-9-17)16-26(29,24(23)25(28)31-2)19-6-4-3-5-7-19/h3-15,22-24,29H,16H2,1-2H3/t22-,23-,24-,26-/m1/s1. The van der Waals surface area contributed by atoms with Gasteiger partial charge in [0.25, 0.3) is 0 Å². The molecule has 0 amide bonds. The number of ether oxygens (including phenoxy) is 2. The maximum absolute atomic E-state index is 13.1. The summed E-state index contributed by atoms with van der Waals surface area (Å²) in [5, 5.41) is 12.0. The van der Waals surface area contributed by atoms with Crippen LogP contribution in [0.2, 0.25) is 0 Å². The summed E-state index contributed by atoms with van der Waals surface area (Å²) in [5.41, 5.74) is 1.42. The molecule has 1 saturated carbocycles. The van der Waals surface area contributed by atoms with Crippen LogP contribution >= 0.6 is 15.9 Å². The molecule has 1 aliphatic carbocycles. The van der Waals surface area contributed by atoms with Crippen LogP contribution in [-0.4, -0.2) is 25.3 Å². The first-order valence-corrected chi connectivity index (χ1v) is 11.0. The molecular weight excluding hydrogens is 456 g/mol. The highest BCUT2D eigenvalue weighted by atomic mass is 79.9. The molecule has 4 nitrogen and oxygen atoms in total. The van der Waals surface area contributed by atoms with E-state index in [1.165, 1.54) is 7.11 Å². The number of benzene rings is 3. The van der Waals surface area contributed by atoms with Crippen LogP contribution in [0.3, 0.4) is 0 Å². The number of hydrogen-bond donors (Lipinski definition) is 1. The maximum atomic E-state index is 13.1. The molecule has 4 atom stereocenters. The molecular formula is C26H25BrO4. The fourth-order valence-electron chi connectivity index (χ4n) is 4.90. The Morgan fingerprint density at radius 1 is 0.935 bits per heavy atom. The van der Waals surface area contributed by atoms with Crippen molar-refractivity contribution in [3.63, 3.8) is 0 Å². The van der Waals surface area contributed by atoms with E-state index in [-0.39, 0.29) is 11.8 Å². The number of halogens is 1. The lowest BCUT2D eigenvalue weighted by atomic mass is 9.77. The van der Waals surface area contributed by atoms with Gasteiger partial charge in [0.15, 0.2) is 0 Å². The van der Waals surface area contributed by atoms with Gasteiger partial charge in [0, 0.05) is 10.4 Å². The molecule has 1 N–H and O–H groups in total. The van der Waals surface area contributed by atoms with Gasteiger partial charge < -0.3 is 14.6 Å². The van der Waals surface area contributed by atoms with Gasteiger partial charge in [0.05, 0.1) is 20.1 Å². The molecule has 1 aliphatic rings. The Labute approximate surface area is 191 Å². The largest absolute Gasteiger partial charge is 0.497 e. The molecule has 0 spiro atoms. The van der Waals surface area contributed by atoms with Crippen LogP contribution in [0.1, 0.15) is 34.9 Å². The summed E-state index contributed by atoms with van der Waals surface area (Å²) < 4.78 is 11.5. The zero-order valence-corrected chi connectivity index (χ0v) is 19.1. The third-order valence-corrected chi connectivity index (χ3v) is 6.89. The van der Waals surface area contributed by atoms with Crippen molar-refractivity contribution in [1.82, 2.24) is 0 Å². The highest BCUT2D eigenvalue weighted by Gasteiger charge is 2.58. The van der Waals surface area contributed by atoms with Gasteiger partial charge in [-0.05, 0) is 53.3 Å². The number of hydrogen-bond acceptors (Lipinski definition) is 4. The van der Waals surface area contributed by atoms with E-state index in [9.17, 15) is 9.90 Å². The third-order valence-electron chi connectivity index (χ3n) is 6.37. The van der Waals surface area contributed by atoms with Gasteiger partial charge in [0.2, 0.25) is 0 Å². The molecule has 0 radical (unpaired) electrons. The normalized spacial score (nSPS) is 25.2. The SMILES string of the molecule is COC(=O)[C@H]1[C@H](c2ccc(OC)cc2)[C@@H](c2ccc(Br)cc2)C[C@@]1(O)c1ccccc1. The lowest BCUT2D eigenvalue weighted by molar-refractivity contribution is -0.155. The average Bonchev–Trinajstić information content (AvgIpc) is 3.14. The zero-order valence-electron chi connectivity index (χ0n) is 17.5. The van der Waals surface area contributed by atoms with E-state index >= 15 is 0 Å². The Hall–Kier alpha value is -2.63. The van der Waals surface area contributed by atoms with Gasteiger partial charge in [0.1, 0.15) is 11.4 Å². The van der Waals surface area contributed by atoms with E-state index in [0.29, 0.717) is 6.42 Å². The van der Waals surface area contributed by atoms with E-state index in [2.05, 4.69) is 28.1 Å². The van der Waals surface area contributed by atoms with Gasteiger partial charge in [-0.3, -0.25) is 4.79 Å². The number of methoxy groups -OCH3 is 2. The maximum Gasteiger partial charge on any atom is 0.312 e. The smallest absolute Gasteiger partial charge is 0.312 e. The van der Waals surface area contributed by atoms with Crippen molar-refractivity contribution < 1.29 is 19.4 Å². The van der Waals surface area contributed by atoms with Crippen molar-refractivity contribution in [3.8, 4) is 5.75 Å². The molecule has 0 heterocycles. The van der Waals surface area contributed by atoms with E-state index in [1.807, 2.05) is 66.7 Å². The van der Waals surface area contributed by atoms with Gasteiger partial charge in [-0.25, -0.2) is 0 Å². The second-order valence-corrected chi connectivity index (χ2v) is 8.87. The fourth-order valence-corrected chi connectivity index (χ4v) is 5.16. The molecule has 31 heavy (non-hydrogen) atoms. The topological polar surface area (TPSA) is 55.8 Å². The molecule has 0 saturated heterocycles. The molecule has 3 aromatic carbocycles. The summed E-state index contributed by atoms with van der Waals surface area (Å²) in [6.07, 6.45) is 0.412. The number of rotatable bonds is 5. The second kappa shape index (κ2) is 8.85. The second-order valence-electron chi connectivity index (χ2n) is 7.95. The molecule has 0 aromatic heterocycles. The van der Waals surface area contributed by atoms with Crippen LogP contribution in [-0.2, 0) is 15.1 Å². The Morgan fingerprint density at radius 2 is 1.55 bits per heavy atom. The van der Waals surface area contributed by atoms with E-state index < -0.39 is 17.5 Å². The molecule has 0 unspecified atom stereocenters. The Balaban J connectivity index is 1.89. The van der Waals surface area contributed by atoms with E-state index in [4.69, 9.17) is 9.47 Å². The first kappa shape index (κ1) is 21.6. The fraction of sp³-hybridized carbons (Fsp3) is 0.269. The molecule has 1 fully saturated rings. The highest BCUT2D eigenvalue weighted by Crippen LogP contribution is 2.58. The number of aliphatic hydroxyl groups is 1. The summed E-state index contributed by atoms with van der Waals surface area (Å²) in [6.45, 7) is 0. The predicted octanol–water partition coefficient (Wildman–Crippen LogP) is 5.41. The van der Waals surface area contributed by atoms with Gasteiger partial charge in [-0.1, -0.05) is 70.5 Å². The van der Waals surface area contributed by atoms with Crippen molar-refractivity contribution in [2.24, 2.45) is 5.92 Å². The van der Waals surface area contributed by atoms with Crippen LogP contribution in [0.25, 0.3) is 0 Å². The minimum absolute atomic E-state index is 0.0733. The third kappa shape index (κ3) is 4.00. The first-order chi connectivity index (χ1) is 15.0.